The smallest absolute Gasteiger partial charge is 0.220 e. The molecule has 0 aliphatic carbocycles. The van der Waals surface area contributed by atoms with E-state index in [4.69, 9.17) is 0 Å². The maximum atomic E-state index is 11.8. The Kier molecular flexibility index (Phi) is 5.40. The Morgan fingerprint density at radius 2 is 1.85 bits per heavy atom. The first-order chi connectivity index (χ1) is 9.42. The lowest BCUT2D eigenvalue weighted by atomic mass is 9.89. The van der Waals surface area contributed by atoms with Gasteiger partial charge in [0.05, 0.1) is 6.26 Å². The van der Waals surface area contributed by atoms with Crippen LogP contribution in [0.2, 0.25) is 0 Å². The molecule has 3 N–H and O–H groups in total. The Morgan fingerprint density at radius 3 is 2.45 bits per heavy atom. The number of sulfonamides is 1. The van der Waals surface area contributed by atoms with Crippen LogP contribution in [0.1, 0.15) is 38.5 Å². The molecule has 0 spiro atoms. The lowest BCUT2D eigenvalue weighted by Crippen LogP contribution is -2.40. The topological polar surface area (TPSA) is 87.3 Å². The van der Waals surface area contributed by atoms with E-state index in [9.17, 15) is 13.2 Å². The van der Waals surface area contributed by atoms with Crippen molar-refractivity contribution in [2.45, 2.75) is 50.6 Å². The molecule has 2 atom stereocenters. The van der Waals surface area contributed by atoms with Gasteiger partial charge in [-0.3, -0.25) is 4.79 Å². The van der Waals surface area contributed by atoms with Gasteiger partial charge in [-0.2, -0.15) is 0 Å². The summed E-state index contributed by atoms with van der Waals surface area (Å²) in [4.78, 5) is 11.8. The highest BCUT2D eigenvalue weighted by Gasteiger charge is 2.33. The number of carbonyl (C=O) groups excluding carboxylic acids is 1. The Labute approximate surface area is 121 Å². The van der Waals surface area contributed by atoms with Gasteiger partial charge in [0.15, 0.2) is 0 Å². The SMILES string of the molecule is CS(=O)(=O)NCCCNC(=O)CC1CC2CCC(C1)N2. The van der Waals surface area contributed by atoms with Crippen molar-refractivity contribution in [2.24, 2.45) is 5.92 Å². The van der Waals surface area contributed by atoms with Crippen LogP contribution in [0, 0.1) is 5.92 Å². The molecule has 0 aromatic heterocycles. The zero-order chi connectivity index (χ0) is 14.6. The van der Waals surface area contributed by atoms with Gasteiger partial charge in [0, 0.05) is 31.6 Å². The predicted octanol–water partition coefficient (Wildman–Crippen LogP) is -0.0374. The van der Waals surface area contributed by atoms with E-state index in [1.807, 2.05) is 0 Å². The Morgan fingerprint density at radius 1 is 1.20 bits per heavy atom. The van der Waals surface area contributed by atoms with E-state index in [-0.39, 0.29) is 5.91 Å². The highest BCUT2D eigenvalue weighted by molar-refractivity contribution is 7.88. The minimum Gasteiger partial charge on any atom is -0.356 e. The van der Waals surface area contributed by atoms with Gasteiger partial charge in [-0.15, -0.1) is 0 Å². The molecule has 1 amide bonds. The summed E-state index contributed by atoms with van der Waals surface area (Å²) < 4.78 is 24.1. The van der Waals surface area contributed by atoms with Gasteiger partial charge in [0.1, 0.15) is 0 Å². The maximum absolute atomic E-state index is 11.8. The second-order valence-electron chi connectivity index (χ2n) is 6.05. The lowest BCUT2D eigenvalue weighted by molar-refractivity contribution is -0.122. The molecule has 2 bridgehead atoms. The molecule has 2 fully saturated rings. The van der Waals surface area contributed by atoms with E-state index in [1.165, 1.54) is 12.8 Å². The van der Waals surface area contributed by atoms with Gasteiger partial charge in [-0.25, -0.2) is 13.1 Å². The van der Waals surface area contributed by atoms with Crippen LogP contribution in [0.5, 0.6) is 0 Å². The van der Waals surface area contributed by atoms with Crippen molar-refractivity contribution in [2.75, 3.05) is 19.3 Å². The van der Waals surface area contributed by atoms with Crippen molar-refractivity contribution in [3.05, 3.63) is 0 Å². The van der Waals surface area contributed by atoms with Crippen molar-refractivity contribution < 1.29 is 13.2 Å². The summed E-state index contributed by atoms with van der Waals surface area (Å²) in [5, 5.41) is 6.44. The van der Waals surface area contributed by atoms with E-state index in [2.05, 4.69) is 15.4 Å². The van der Waals surface area contributed by atoms with E-state index < -0.39 is 10.0 Å². The summed E-state index contributed by atoms with van der Waals surface area (Å²) in [6, 6.07) is 1.23. The molecule has 2 saturated heterocycles. The number of hydrogen-bond donors (Lipinski definition) is 3. The van der Waals surface area contributed by atoms with Crippen molar-refractivity contribution in [1.82, 2.24) is 15.4 Å². The summed E-state index contributed by atoms with van der Waals surface area (Å²) in [6.07, 6.45) is 7.08. The summed E-state index contributed by atoms with van der Waals surface area (Å²) in [7, 11) is -3.12. The zero-order valence-corrected chi connectivity index (χ0v) is 12.8. The first kappa shape index (κ1) is 15.7. The Bertz CT molecular complexity index is 426. The third kappa shape index (κ3) is 5.38. The number of fused-ring (bicyclic) bond motifs is 2. The Balaban J connectivity index is 1.56. The molecule has 0 saturated carbocycles. The van der Waals surface area contributed by atoms with E-state index in [0.29, 0.717) is 43.9 Å². The van der Waals surface area contributed by atoms with E-state index >= 15 is 0 Å². The van der Waals surface area contributed by atoms with Crippen LogP contribution in [0.15, 0.2) is 0 Å². The first-order valence-electron chi connectivity index (χ1n) is 7.40. The number of carbonyl (C=O) groups is 1. The molecule has 2 aliphatic rings. The normalized spacial score (nSPS) is 29.4. The molecule has 20 heavy (non-hydrogen) atoms. The molecule has 6 nitrogen and oxygen atoms in total. The fourth-order valence-corrected chi connectivity index (χ4v) is 3.77. The summed E-state index contributed by atoms with van der Waals surface area (Å²) in [6.45, 7) is 0.899. The zero-order valence-electron chi connectivity index (χ0n) is 12.0. The number of nitrogens with one attached hydrogen (secondary N) is 3. The summed E-state index contributed by atoms with van der Waals surface area (Å²) >= 11 is 0. The molecular formula is C13H25N3O3S. The van der Waals surface area contributed by atoms with Crippen LogP contribution in [-0.2, 0) is 14.8 Å². The number of rotatable bonds is 7. The molecule has 0 aromatic carbocycles. The molecule has 116 valence electrons. The number of piperidine rings is 1. The quantitative estimate of drug-likeness (QED) is 0.576. The van der Waals surface area contributed by atoms with Gasteiger partial charge in [-0.05, 0) is 38.0 Å². The Hall–Kier alpha value is -0.660. The molecule has 2 heterocycles. The second-order valence-corrected chi connectivity index (χ2v) is 7.88. The van der Waals surface area contributed by atoms with Gasteiger partial charge in [-0.1, -0.05) is 0 Å². The van der Waals surface area contributed by atoms with E-state index in [0.717, 1.165) is 19.1 Å². The second kappa shape index (κ2) is 6.87. The van der Waals surface area contributed by atoms with E-state index in [1.54, 1.807) is 0 Å². The number of hydrogen-bond acceptors (Lipinski definition) is 4. The van der Waals surface area contributed by atoms with Crippen molar-refractivity contribution in [3.8, 4) is 0 Å². The van der Waals surface area contributed by atoms with Crippen LogP contribution in [0.3, 0.4) is 0 Å². The molecule has 7 heteroatoms. The van der Waals surface area contributed by atoms with Gasteiger partial charge in [0.25, 0.3) is 0 Å². The van der Waals surface area contributed by atoms with Crippen LogP contribution in [0.25, 0.3) is 0 Å². The third-order valence-electron chi connectivity index (χ3n) is 4.08. The van der Waals surface area contributed by atoms with Crippen molar-refractivity contribution in [1.29, 1.82) is 0 Å². The minimum absolute atomic E-state index is 0.0932. The maximum Gasteiger partial charge on any atom is 0.220 e. The van der Waals surface area contributed by atoms with Crippen LogP contribution in [-0.4, -0.2) is 45.8 Å². The standard InChI is InChI=1S/C13H25N3O3S/c1-20(18,19)15-6-2-5-14-13(17)9-10-7-11-3-4-12(8-10)16-11/h10-12,15-16H,2-9H2,1H3,(H,14,17). The molecule has 2 unspecified atom stereocenters. The van der Waals surface area contributed by atoms with Crippen LogP contribution < -0.4 is 15.4 Å². The average molecular weight is 303 g/mol. The summed E-state index contributed by atoms with van der Waals surface area (Å²) in [5.74, 6) is 0.596. The molecule has 0 radical (unpaired) electrons. The van der Waals surface area contributed by atoms with Gasteiger partial charge < -0.3 is 10.6 Å². The summed E-state index contributed by atoms with van der Waals surface area (Å²) in [5.41, 5.74) is 0. The largest absolute Gasteiger partial charge is 0.356 e. The predicted molar refractivity (Wildman–Crippen MR) is 77.8 cm³/mol. The first-order valence-corrected chi connectivity index (χ1v) is 9.29. The van der Waals surface area contributed by atoms with Crippen LogP contribution >= 0.6 is 0 Å². The van der Waals surface area contributed by atoms with Gasteiger partial charge in [0.2, 0.25) is 15.9 Å². The fraction of sp³-hybridized carbons (Fsp3) is 0.923. The average Bonchev–Trinajstić information content (AvgIpc) is 2.67. The highest BCUT2D eigenvalue weighted by atomic mass is 32.2. The fourth-order valence-electron chi connectivity index (χ4n) is 3.25. The molecule has 0 aromatic rings. The molecule has 2 rings (SSSR count). The van der Waals surface area contributed by atoms with Crippen molar-refractivity contribution in [3.63, 3.8) is 0 Å². The number of amides is 1. The third-order valence-corrected chi connectivity index (χ3v) is 4.81. The molecule has 2 aliphatic heterocycles. The van der Waals surface area contributed by atoms with Crippen LogP contribution in [0.4, 0.5) is 0 Å². The minimum atomic E-state index is -3.12. The monoisotopic (exact) mass is 303 g/mol. The van der Waals surface area contributed by atoms with Gasteiger partial charge >= 0.3 is 0 Å². The van der Waals surface area contributed by atoms with Crippen molar-refractivity contribution >= 4 is 15.9 Å². The molecular weight excluding hydrogens is 278 g/mol. The lowest BCUT2D eigenvalue weighted by Gasteiger charge is -2.28. The highest BCUT2D eigenvalue weighted by Crippen LogP contribution is 2.32.